The van der Waals surface area contributed by atoms with Crippen molar-refractivity contribution in [2.75, 3.05) is 26.2 Å². The fourth-order valence-corrected chi connectivity index (χ4v) is 2.11. The van der Waals surface area contributed by atoms with Gasteiger partial charge in [-0.3, -0.25) is 4.79 Å². The summed E-state index contributed by atoms with van der Waals surface area (Å²) >= 11 is 0. The van der Waals surface area contributed by atoms with Crippen LogP contribution in [0.2, 0.25) is 0 Å². The van der Waals surface area contributed by atoms with Crippen LogP contribution in [0, 0.1) is 0 Å². The smallest absolute Gasteiger partial charge is 0.253 e. The maximum absolute atomic E-state index is 12.3. The van der Waals surface area contributed by atoms with Crippen molar-refractivity contribution in [2.24, 2.45) is 0 Å². The van der Waals surface area contributed by atoms with Crippen molar-refractivity contribution in [3.05, 3.63) is 35.4 Å². The molecule has 0 saturated carbocycles. The van der Waals surface area contributed by atoms with E-state index in [1.54, 1.807) is 0 Å². The molecule has 1 aliphatic heterocycles. The number of aryl methyl sites for hydroxylation is 1. The number of hydrogen-bond acceptors (Lipinski definition) is 2. The summed E-state index contributed by atoms with van der Waals surface area (Å²) in [5.41, 5.74) is 2.09. The van der Waals surface area contributed by atoms with Gasteiger partial charge in [0.2, 0.25) is 0 Å². The SMILES string of the molecule is CCc1ccc(C(=O)N2CCCNCC2)cc1. The minimum Gasteiger partial charge on any atom is -0.337 e. The Morgan fingerprint density at radius 1 is 1.24 bits per heavy atom. The summed E-state index contributed by atoms with van der Waals surface area (Å²) in [6.45, 7) is 5.71. The molecular weight excluding hydrogens is 212 g/mol. The van der Waals surface area contributed by atoms with E-state index in [4.69, 9.17) is 0 Å². The summed E-state index contributed by atoms with van der Waals surface area (Å²) in [6, 6.07) is 7.98. The van der Waals surface area contributed by atoms with E-state index in [0.29, 0.717) is 0 Å². The van der Waals surface area contributed by atoms with Crippen molar-refractivity contribution >= 4 is 5.91 Å². The van der Waals surface area contributed by atoms with E-state index < -0.39 is 0 Å². The zero-order chi connectivity index (χ0) is 12.1. The molecule has 1 saturated heterocycles. The summed E-state index contributed by atoms with van der Waals surface area (Å²) in [6.07, 6.45) is 2.06. The van der Waals surface area contributed by atoms with Crippen LogP contribution >= 0.6 is 0 Å². The first-order valence-electron chi connectivity index (χ1n) is 6.40. The van der Waals surface area contributed by atoms with Gasteiger partial charge in [-0.25, -0.2) is 0 Å². The average Bonchev–Trinajstić information content (AvgIpc) is 2.67. The number of rotatable bonds is 2. The van der Waals surface area contributed by atoms with Crippen LogP contribution in [-0.2, 0) is 6.42 Å². The second-order valence-corrected chi connectivity index (χ2v) is 4.45. The molecule has 0 radical (unpaired) electrons. The minimum atomic E-state index is 0.163. The van der Waals surface area contributed by atoms with Crippen LogP contribution in [0.4, 0.5) is 0 Å². The fraction of sp³-hybridized carbons (Fsp3) is 0.500. The zero-order valence-corrected chi connectivity index (χ0v) is 10.4. The molecule has 0 spiro atoms. The van der Waals surface area contributed by atoms with Gasteiger partial charge in [-0.05, 0) is 37.1 Å². The van der Waals surface area contributed by atoms with Gasteiger partial charge in [-0.2, -0.15) is 0 Å². The molecule has 0 aliphatic carbocycles. The number of nitrogens with zero attached hydrogens (tertiary/aromatic N) is 1. The second kappa shape index (κ2) is 5.82. The summed E-state index contributed by atoms with van der Waals surface area (Å²) in [5.74, 6) is 0.163. The molecule has 1 aliphatic rings. The van der Waals surface area contributed by atoms with Crippen LogP contribution in [0.5, 0.6) is 0 Å². The molecule has 0 aromatic heterocycles. The quantitative estimate of drug-likeness (QED) is 0.841. The number of hydrogen-bond donors (Lipinski definition) is 1. The van der Waals surface area contributed by atoms with Crippen molar-refractivity contribution in [1.29, 1.82) is 0 Å². The Bertz CT molecular complexity index is 364. The summed E-state index contributed by atoms with van der Waals surface area (Å²) in [5, 5.41) is 3.31. The van der Waals surface area contributed by atoms with Gasteiger partial charge in [0.05, 0.1) is 0 Å². The molecule has 1 aromatic rings. The maximum Gasteiger partial charge on any atom is 0.253 e. The number of amides is 1. The van der Waals surface area contributed by atoms with Gasteiger partial charge >= 0.3 is 0 Å². The highest BCUT2D eigenvalue weighted by molar-refractivity contribution is 5.94. The van der Waals surface area contributed by atoms with E-state index in [2.05, 4.69) is 12.2 Å². The molecule has 0 atom stereocenters. The van der Waals surface area contributed by atoms with Crippen LogP contribution in [0.25, 0.3) is 0 Å². The highest BCUT2D eigenvalue weighted by Gasteiger charge is 2.16. The molecule has 2 rings (SSSR count). The predicted octanol–water partition coefficient (Wildman–Crippen LogP) is 1.68. The van der Waals surface area contributed by atoms with Crippen LogP contribution in [0.1, 0.15) is 29.3 Å². The van der Waals surface area contributed by atoms with Gasteiger partial charge in [0.15, 0.2) is 0 Å². The fourth-order valence-electron chi connectivity index (χ4n) is 2.11. The Labute approximate surface area is 103 Å². The van der Waals surface area contributed by atoms with E-state index in [-0.39, 0.29) is 5.91 Å². The molecule has 0 bridgehead atoms. The third-order valence-electron chi connectivity index (χ3n) is 3.24. The minimum absolute atomic E-state index is 0.163. The van der Waals surface area contributed by atoms with Crippen molar-refractivity contribution < 1.29 is 4.79 Å². The van der Waals surface area contributed by atoms with Crippen LogP contribution in [0.15, 0.2) is 24.3 Å². The van der Waals surface area contributed by atoms with Crippen LogP contribution in [-0.4, -0.2) is 37.0 Å². The number of carbonyl (C=O) groups is 1. The van der Waals surface area contributed by atoms with E-state index in [9.17, 15) is 4.79 Å². The van der Waals surface area contributed by atoms with Gasteiger partial charge in [-0.15, -0.1) is 0 Å². The lowest BCUT2D eigenvalue weighted by Gasteiger charge is -2.20. The molecule has 1 fully saturated rings. The molecule has 17 heavy (non-hydrogen) atoms. The van der Waals surface area contributed by atoms with E-state index >= 15 is 0 Å². The first-order chi connectivity index (χ1) is 8.31. The zero-order valence-electron chi connectivity index (χ0n) is 10.4. The lowest BCUT2D eigenvalue weighted by atomic mass is 10.1. The first-order valence-corrected chi connectivity index (χ1v) is 6.40. The Morgan fingerprint density at radius 3 is 2.71 bits per heavy atom. The van der Waals surface area contributed by atoms with E-state index in [0.717, 1.165) is 44.6 Å². The molecule has 1 amide bonds. The van der Waals surface area contributed by atoms with Gasteiger partial charge in [0.25, 0.3) is 5.91 Å². The molecular formula is C14H20N2O. The van der Waals surface area contributed by atoms with Crippen molar-refractivity contribution in [2.45, 2.75) is 19.8 Å². The molecule has 1 N–H and O–H groups in total. The molecule has 1 heterocycles. The Morgan fingerprint density at radius 2 is 2.00 bits per heavy atom. The summed E-state index contributed by atoms with van der Waals surface area (Å²) in [4.78, 5) is 14.2. The Hall–Kier alpha value is -1.35. The number of carbonyl (C=O) groups excluding carboxylic acids is 1. The number of benzene rings is 1. The highest BCUT2D eigenvalue weighted by atomic mass is 16.2. The monoisotopic (exact) mass is 232 g/mol. The summed E-state index contributed by atoms with van der Waals surface area (Å²) in [7, 11) is 0. The van der Waals surface area contributed by atoms with Crippen molar-refractivity contribution in [1.82, 2.24) is 10.2 Å². The predicted molar refractivity (Wildman–Crippen MR) is 69.2 cm³/mol. The standard InChI is InChI=1S/C14H20N2O/c1-2-12-4-6-13(7-5-12)14(17)16-10-3-8-15-9-11-16/h4-7,15H,2-3,8-11H2,1H3. The van der Waals surface area contributed by atoms with Crippen molar-refractivity contribution in [3.63, 3.8) is 0 Å². The lowest BCUT2D eigenvalue weighted by Crippen LogP contribution is -2.34. The topological polar surface area (TPSA) is 32.3 Å². The molecule has 92 valence electrons. The van der Waals surface area contributed by atoms with Gasteiger partial charge in [0.1, 0.15) is 0 Å². The maximum atomic E-state index is 12.3. The van der Waals surface area contributed by atoms with Crippen LogP contribution < -0.4 is 5.32 Å². The molecule has 3 nitrogen and oxygen atoms in total. The van der Waals surface area contributed by atoms with E-state index in [1.807, 2.05) is 29.2 Å². The Kier molecular flexibility index (Phi) is 4.15. The van der Waals surface area contributed by atoms with Gasteiger partial charge < -0.3 is 10.2 Å². The van der Waals surface area contributed by atoms with Crippen LogP contribution in [0.3, 0.4) is 0 Å². The van der Waals surface area contributed by atoms with Crippen molar-refractivity contribution in [3.8, 4) is 0 Å². The molecule has 1 aromatic carbocycles. The first kappa shape index (κ1) is 12.1. The van der Waals surface area contributed by atoms with Gasteiger partial charge in [0, 0.05) is 25.2 Å². The molecule has 0 unspecified atom stereocenters. The largest absolute Gasteiger partial charge is 0.337 e. The second-order valence-electron chi connectivity index (χ2n) is 4.45. The highest BCUT2D eigenvalue weighted by Crippen LogP contribution is 2.09. The normalized spacial score (nSPS) is 16.6. The molecule has 3 heteroatoms. The van der Waals surface area contributed by atoms with E-state index in [1.165, 1.54) is 5.56 Å². The number of nitrogens with one attached hydrogen (secondary N) is 1. The summed E-state index contributed by atoms with van der Waals surface area (Å²) < 4.78 is 0. The Balaban J connectivity index is 2.06. The average molecular weight is 232 g/mol. The third kappa shape index (κ3) is 3.07. The lowest BCUT2D eigenvalue weighted by molar-refractivity contribution is 0.0766. The van der Waals surface area contributed by atoms with Gasteiger partial charge in [-0.1, -0.05) is 19.1 Å². The third-order valence-corrected chi connectivity index (χ3v) is 3.24.